The van der Waals surface area contributed by atoms with Crippen LogP contribution in [0.4, 0.5) is 18.9 Å². The standard InChI is InChI=1S/C25H29F3N8O/c1-16(2)21-22(17-12-20(37-3)24-30-15-31-36(24)14-17)32-33-23(21)19-5-4-18(13-29-19)35-10-8-34(9-11-35)7-6-25(26,27)28/h4-5,12-16H,6-11H2,1-3H3,(H,32,33). The van der Waals surface area contributed by atoms with Crippen molar-refractivity contribution in [3.05, 3.63) is 42.5 Å². The molecule has 0 amide bonds. The van der Waals surface area contributed by atoms with Crippen molar-refractivity contribution in [1.29, 1.82) is 0 Å². The molecule has 0 atom stereocenters. The molecule has 37 heavy (non-hydrogen) atoms. The molecule has 0 aliphatic carbocycles. The van der Waals surface area contributed by atoms with E-state index in [0.29, 0.717) is 37.6 Å². The molecule has 1 N–H and O–H groups in total. The van der Waals surface area contributed by atoms with E-state index in [1.54, 1.807) is 11.6 Å². The fourth-order valence-electron chi connectivity index (χ4n) is 4.74. The molecule has 12 heteroatoms. The van der Waals surface area contributed by atoms with Crippen molar-refractivity contribution in [2.45, 2.75) is 32.4 Å². The summed E-state index contributed by atoms with van der Waals surface area (Å²) in [6.45, 7) is 6.77. The Balaban J connectivity index is 1.35. The maximum atomic E-state index is 12.5. The number of H-pyrrole nitrogens is 1. The minimum atomic E-state index is -4.12. The fraction of sp³-hybridized carbons (Fsp3) is 0.440. The Morgan fingerprint density at radius 1 is 1.11 bits per heavy atom. The van der Waals surface area contributed by atoms with Gasteiger partial charge in [0, 0.05) is 50.0 Å². The second kappa shape index (κ2) is 10.0. The summed E-state index contributed by atoms with van der Waals surface area (Å²) < 4.78 is 44.8. The second-order valence-corrected chi connectivity index (χ2v) is 9.44. The van der Waals surface area contributed by atoms with Gasteiger partial charge in [0.15, 0.2) is 11.4 Å². The number of alkyl halides is 3. The molecule has 4 aromatic rings. The van der Waals surface area contributed by atoms with Crippen LogP contribution in [-0.2, 0) is 0 Å². The Labute approximate surface area is 212 Å². The number of aromatic amines is 1. The van der Waals surface area contributed by atoms with E-state index < -0.39 is 12.6 Å². The van der Waals surface area contributed by atoms with Crippen molar-refractivity contribution in [3.63, 3.8) is 0 Å². The number of ether oxygens (including phenoxy) is 1. The fourth-order valence-corrected chi connectivity index (χ4v) is 4.74. The minimum absolute atomic E-state index is 0.0454. The van der Waals surface area contributed by atoms with Crippen molar-refractivity contribution in [1.82, 2.24) is 34.7 Å². The molecule has 0 saturated carbocycles. The topological polar surface area (TPSA) is 87.5 Å². The smallest absolute Gasteiger partial charge is 0.390 e. The predicted molar refractivity (Wildman–Crippen MR) is 134 cm³/mol. The zero-order valence-corrected chi connectivity index (χ0v) is 21.0. The highest BCUT2D eigenvalue weighted by molar-refractivity contribution is 5.75. The lowest BCUT2D eigenvalue weighted by Gasteiger charge is -2.36. The first kappa shape index (κ1) is 25.0. The molecule has 0 aromatic carbocycles. The molecule has 0 radical (unpaired) electrons. The largest absolute Gasteiger partial charge is 0.493 e. The molecule has 196 valence electrons. The van der Waals surface area contributed by atoms with Gasteiger partial charge in [-0.3, -0.25) is 15.0 Å². The van der Waals surface area contributed by atoms with Crippen LogP contribution < -0.4 is 9.64 Å². The zero-order valence-electron chi connectivity index (χ0n) is 21.0. The van der Waals surface area contributed by atoms with Crippen LogP contribution in [0.3, 0.4) is 0 Å². The van der Waals surface area contributed by atoms with Crippen molar-refractivity contribution >= 4 is 11.3 Å². The molecule has 1 aliphatic heterocycles. The van der Waals surface area contributed by atoms with E-state index >= 15 is 0 Å². The number of nitrogens with zero attached hydrogens (tertiary/aromatic N) is 7. The number of aromatic nitrogens is 6. The number of methoxy groups -OCH3 is 1. The number of hydrogen-bond donors (Lipinski definition) is 1. The van der Waals surface area contributed by atoms with Crippen LogP contribution in [0.15, 0.2) is 36.9 Å². The molecule has 5 rings (SSSR count). The number of rotatable bonds is 7. The summed E-state index contributed by atoms with van der Waals surface area (Å²) in [6.07, 6.45) is 0.291. The third-order valence-corrected chi connectivity index (χ3v) is 6.67. The molecule has 5 heterocycles. The first-order valence-corrected chi connectivity index (χ1v) is 12.2. The maximum Gasteiger partial charge on any atom is 0.390 e. The molecule has 9 nitrogen and oxygen atoms in total. The van der Waals surface area contributed by atoms with Gasteiger partial charge in [-0.25, -0.2) is 9.50 Å². The van der Waals surface area contributed by atoms with Gasteiger partial charge in [0.25, 0.3) is 0 Å². The quantitative estimate of drug-likeness (QED) is 0.392. The molecule has 0 bridgehead atoms. The first-order chi connectivity index (χ1) is 17.7. The van der Waals surface area contributed by atoms with Crippen molar-refractivity contribution in [3.8, 4) is 28.4 Å². The van der Waals surface area contributed by atoms with E-state index in [4.69, 9.17) is 9.72 Å². The Kier molecular flexibility index (Phi) is 6.76. The predicted octanol–water partition coefficient (Wildman–Crippen LogP) is 4.39. The number of hydrogen-bond acceptors (Lipinski definition) is 7. The highest BCUT2D eigenvalue weighted by atomic mass is 19.4. The third-order valence-electron chi connectivity index (χ3n) is 6.67. The van der Waals surface area contributed by atoms with Gasteiger partial charge in [-0.1, -0.05) is 13.8 Å². The Bertz CT molecular complexity index is 1350. The van der Waals surface area contributed by atoms with Crippen LogP contribution in [0.5, 0.6) is 5.75 Å². The van der Waals surface area contributed by atoms with Gasteiger partial charge in [-0.15, -0.1) is 0 Å². The van der Waals surface area contributed by atoms with Gasteiger partial charge < -0.3 is 9.64 Å². The SMILES string of the molecule is COc1cc(-c2[nH]nc(-c3ccc(N4CCN(CCC(F)(F)F)CC4)cn3)c2C(C)C)cn2ncnc12. The average molecular weight is 515 g/mol. The normalized spacial score (nSPS) is 15.2. The summed E-state index contributed by atoms with van der Waals surface area (Å²) >= 11 is 0. The molecular formula is C25H29F3N8O. The van der Waals surface area contributed by atoms with E-state index in [2.05, 4.69) is 39.0 Å². The summed E-state index contributed by atoms with van der Waals surface area (Å²) in [7, 11) is 1.60. The van der Waals surface area contributed by atoms with Crippen molar-refractivity contribution in [2.75, 3.05) is 44.7 Å². The van der Waals surface area contributed by atoms with Crippen LogP contribution in [0, 0.1) is 0 Å². The van der Waals surface area contributed by atoms with Crippen LogP contribution >= 0.6 is 0 Å². The van der Waals surface area contributed by atoms with Gasteiger partial charge in [0.05, 0.1) is 36.8 Å². The number of nitrogens with one attached hydrogen (secondary N) is 1. The van der Waals surface area contributed by atoms with Crippen LogP contribution in [0.1, 0.15) is 31.7 Å². The minimum Gasteiger partial charge on any atom is -0.493 e. The van der Waals surface area contributed by atoms with E-state index in [0.717, 1.165) is 33.9 Å². The number of pyridine rings is 2. The zero-order chi connectivity index (χ0) is 26.2. The number of piperazine rings is 1. The summed E-state index contributed by atoms with van der Waals surface area (Å²) in [5.41, 5.74) is 5.86. The lowest BCUT2D eigenvalue weighted by atomic mass is 9.96. The second-order valence-electron chi connectivity index (χ2n) is 9.44. The van der Waals surface area contributed by atoms with E-state index in [1.165, 1.54) is 6.33 Å². The number of halogens is 3. The molecule has 0 unspecified atom stereocenters. The number of fused-ring (bicyclic) bond motifs is 1. The first-order valence-electron chi connectivity index (χ1n) is 12.2. The van der Waals surface area contributed by atoms with Gasteiger partial charge in [0.2, 0.25) is 0 Å². The van der Waals surface area contributed by atoms with Gasteiger partial charge in [-0.05, 0) is 24.1 Å². The van der Waals surface area contributed by atoms with E-state index in [-0.39, 0.29) is 12.5 Å². The highest BCUT2D eigenvalue weighted by Crippen LogP contribution is 2.36. The molecule has 1 saturated heterocycles. The molecule has 1 aliphatic rings. The van der Waals surface area contributed by atoms with Crippen LogP contribution in [0.2, 0.25) is 0 Å². The van der Waals surface area contributed by atoms with Gasteiger partial charge in [-0.2, -0.15) is 23.4 Å². The Morgan fingerprint density at radius 2 is 1.89 bits per heavy atom. The molecule has 0 spiro atoms. The van der Waals surface area contributed by atoms with E-state index in [9.17, 15) is 13.2 Å². The molecular weight excluding hydrogens is 485 g/mol. The Hall–Kier alpha value is -3.67. The van der Waals surface area contributed by atoms with Gasteiger partial charge >= 0.3 is 6.18 Å². The summed E-state index contributed by atoms with van der Waals surface area (Å²) in [4.78, 5) is 13.0. The Morgan fingerprint density at radius 3 is 2.54 bits per heavy atom. The lowest BCUT2D eigenvalue weighted by molar-refractivity contribution is -0.138. The van der Waals surface area contributed by atoms with Crippen LogP contribution in [-0.4, -0.2) is 80.7 Å². The van der Waals surface area contributed by atoms with E-state index in [1.807, 2.05) is 35.5 Å². The summed E-state index contributed by atoms with van der Waals surface area (Å²) in [5.74, 6) is 0.772. The highest BCUT2D eigenvalue weighted by Gasteiger charge is 2.29. The molecule has 1 fully saturated rings. The lowest BCUT2D eigenvalue weighted by Crippen LogP contribution is -2.47. The average Bonchev–Trinajstić information content (AvgIpc) is 3.54. The summed E-state index contributed by atoms with van der Waals surface area (Å²) in [5, 5.41) is 12.0. The van der Waals surface area contributed by atoms with Crippen molar-refractivity contribution < 1.29 is 17.9 Å². The monoisotopic (exact) mass is 514 g/mol. The maximum absolute atomic E-state index is 12.5. The third kappa shape index (κ3) is 5.24. The van der Waals surface area contributed by atoms with Crippen molar-refractivity contribution in [2.24, 2.45) is 0 Å². The van der Waals surface area contributed by atoms with Crippen LogP contribution in [0.25, 0.3) is 28.3 Å². The molecule has 4 aromatic heterocycles. The summed E-state index contributed by atoms with van der Waals surface area (Å²) in [6, 6.07) is 5.85. The number of anilines is 1. The van der Waals surface area contributed by atoms with Gasteiger partial charge in [0.1, 0.15) is 12.0 Å².